The Morgan fingerprint density at radius 2 is 1.68 bits per heavy atom. The summed E-state index contributed by atoms with van der Waals surface area (Å²) in [5.41, 5.74) is 0.412. The highest BCUT2D eigenvalue weighted by Crippen LogP contribution is 2.16. The number of Topliss-reactive ketones (excluding diaryl/α,β-unsaturated/α-hetero) is 1. The van der Waals surface area contributed by atoms with Gasteiger partial charge in [0, 0.05) is 29.9 Å². The van der Waals surface area contributed by atoms with Crippen LogP contribution in [0.1, 0.15) is 23.2 Å². The number of ketones is 1. The number of hydrogen-bond acceptors (Lipinski definition) is 3. The fourth-order valence-corrected chi connectivity index (χ4v) is 2.41. The predicted octanol–water partition coefficient (Wildman–Crippen LogP) is 4.09. The van der Waals surface area contributed by atoms with Crippen LogP contribution in [0.3, 0.4) is 0 Å². The summed E-state index contributed by atoms with van der Waals surface area (Å²) in [5.74, 6) is 0.0383. The molecule has 0 aliphatic carbocycles. The Morgan fingerprint density at radius 3 is 2.32 bits per heavy atom. The number of carbonyl (C=O) groups is 2. The zero-order valence-electron chi connectivity index (χ0n) is 13.9. The number of likely N-dealkylation sites (N-methyl/N-ethyl adjacent to an activating group) is 1. The van der Waals surface area contributed by atoms with Gasteiger partial charge in [-0.15, -0.1) is 0 Å². The molecular formula is C19H19BrFNO3. The van der Waals surface area contributed by atoms with Gasteiger partial charge in [-0.05, 0) is 48.5 Å². The molecule has 0 saturated carbocycles. The number of carbonyl (C=O) groups excluding carboxylic acids is 2. The van der Waals surface area contributed by atoms with Crippen LogP contribution in [0.5, 0.6) is 5.75 Å². The highest BCUT2D eigenvalue weighted by atomic mass is 79.9. The molecule has 0 spiro atoms. The van der Waals surface area contributed by atoms with Crippen LogP contribution in [-0.2, 0) is 4.79 Å². The number of benzene rings is 2. The lowest BCUT2D eigenvalue weighted by molar-refractivity contribution is -0.130. The minimum Gasteiger partial charge on any atom is -0.492 e. The van der Waals surface area contributed by atoms with Crippen molar-refractivity contribution < 1.29 is 18.7 Å². The molecule has 1 amide bonds. The van der Waals surface area contributed by atoms with Crippen LogP contribution in [0.15, 0.2) is 53.0 Å². The first-order chi connectivity index (χ1) is 12.0. The number of ether oxygens (including phenoxy) is 1. The molecule has 0 fully saturated rings. The zero-order valence-corrected chi connectivity index (χ0v) is 15.5. The number of rotatable bonds is 8. The quantitative estimate of drug-likeness (QED) is 0.619. The molecule has 0 unspecified atom stereocenters. The number of hydrogen-bond donors (Lipinski definition) is 0. The van der Waals surface area contributed by atoms with Crippen molar-refractivity contribution in [2.45, 2.75) is 12.8 Å². The minimum atomic E-state index is -0.391. The summed E-state index contributed by atoms with van der Waals surface area (Å²) in [7, 11) is 1.68. The maximum atomic E-state index is 12.8. The van der Waals surface area contributed by atoms with Crippen molar-refractivity contribution in [1.82, 2.24) is 4.90 Å². The van der Waals surface area contributed by atoms with Gasteiger partial charge in [0.25, 0.3) is 0 Å². The Hall–Kier alpha value is -2.21. The molecule has 2 rings (SSSR count). The van der Waals surface area contributed by atoms with Crippen molar-refractivity contribution >= 4 is 27.6 Å². The molecule has 0 atom stereocenters. The summed E-state index contributed by atoms with van der Waals surface area (Å²) < 4.78 is 19.4. The highest BCUT2D eigenvalue weighted by molar-refractivity contribution is 9.10. The normalized spacial score (nSPS) is 10.4. The Balaban J connectivity index is 1.71. The molecule has 4 nitrogen and oxygen atoms in total. The van der Waals surface area contributed by atoms with E-state index in [0.717, 1.165) is 10.2 Å². The third-order valence-electron chi connectivity index (χ3n) is 3.67. The van der Waals surface area contributed by atoms with E-state index in [4.69, 9.17) is 4.74 Å². The first-order valence-electron chi connectivity index (χ1n) is 7.87. The van der Waals surface area contributed by atoms with Crippen molar-refractivity contribution in [3.8, 4) is 5.75 Å². The van der Waals surface area contributed by atoms with Gasteiger partial charge in [-0.2, -0.15) is 0 Å². The fourth-order valence-electron chi connectivity index (χ4n) is 2.15. The Kier molecular flexibility index (Phi) is 7.13. The molecule has 0 radical (unpaired) electrons. The summed E-state index contributed by atoms with van der Waals surface area (Å²) in [4.78, 5) is 25.6. The molecule has 6 heteroatoms. The molecule has 132 valence electrons. The van der Waals surface area contributed by atoms with Crippen molar-refractivity contribution in [2.75, 3.05) is 20.2 Å². The Labute approximate surface area is 154 Å². The summed E-state index contributed by atoms with van der Waals surface area (Å²) in [6, 6.07) is 12.8. The number of halogens is 2. The van der Waals surface area contributed by atoms with Crippen LogP contribution < -0.4 is 4.74 Å². The third-order valence-corrected chi connectivity index (χ3v) is 4.20. The molecule has 25 heavy (non-hydrogen) atoms. The standard InChI is InChI=1S/C19H19BrFNO3/c1-22(12-13-25-17-8-4-15(20)5-9-17)19(24)11-10-18(23)14-2-6-16(21)7-3-14/h2-9H,10-13H2,1H3. The zero-order chi connectivity index (χ0) is 18.2. The summed E-state index contributed by atoms with van der Waals surface area (Å²) in [6.07, 6.45) is 0.216. The largest absolute Gasteiger partial charge is 0.492 e. The lowest BCUT2D eigenvalue weighted by Crippen LogP contribution is -2.31. The lowest BCUT2D eigenvalue weighted by atomic mass is 10.1. The van der Waals surface area contributed by atoms with Crippen LogP contribution in [0.25, 0.3) is 0 Å². The lowest BCUT2D eigenvalue weighted by Gasteiger charge is -2.17. The maximum Gasteiger partial charge on any atom is 0.222 e. The van der Waals surface area contributed by atoms with Gasteiger partial charge in [-0.1, -0.05) is 15.9 Å². The smallest absolute Gasteiger partial charge is 0.222 e. The SMILES string of the molecule is CN(CCOc1ccc(Br)cc1)C(=O)CCC(=O)c1ccc(F)cc1. The topological polar surface area (TPSA) is 46.6 Å². The predicted molar refractivity (Wildman–Crippen MR) is 97.2 cm³/mol. The second-order valence-electron chi connectivity index (χ2n) is 5.55. The van der Waals surface area contributed by atoms with E-state index in [-0.39, 0.29) is 24.5 Å². The third kappa shape index (κ3) is 6.31. The summed E-state index contributed by atoms with van der Waals surface area (Å²) in [5, 5.41) is 0. The molecule has 0 aromatic heterocycles. The molecule has 0 saturated heterocycles. The number of amides is 1. The number of nitrogens with zero attached hydrogens (tertiary/aromatic N) is 1. The first-order valence-corrected chi connectivity index (χ1v) is 8.66. The maximum absolute atomic E-state index is 12.8. The molecule has 0 heterocycles. The fraction of sp³-hybridized carbons (Fsp3) is 0.263. The van der Waals surface area contributed by atoms with Crippen LogP contribution in [0.2, 0.25) is 0 Å². The van der Waals surface area contributed by atoms with Crippen molar-refractivity contribution in [2.24, 2.45) is 0 Å². The van der Waals surface area contributed by atoms with Crippen LogP contribution >= 0.6 is 15.9 Å². The molecule has 0 bridgehead atoms. The minimum absolute atomic E-state index is 0.0996. The Bertz CT molecular complexity index is 716. The summed E-state index contributed by atoms with van der Waals surface area (Å²) in [6.45, 7) is 0.801. The van der Waals surface area contributed by atoms with E-state index in [2.05, 4.69) is 15.9 Å². The van der Waals surface area contributed by atoms with E-state index >= 15 is 0 Å². The molecule has 2 aromatic carbocycles. The second-order valence-corrected chi connectivity index (χ2v) is 6.46. The first kappa shape index (κ1) is 19.1. The molecule has 0 N–H and O–H groups in total. The average Bonchev–Trinajstić information content (AvgIpc) is 2.61. The monoisotopic (exact) mass is 407 g/mol. The van der Waals surface area contributed by atoms with Crippen LogP contribution in [0, 0.1) is 5.82 Å². The van der Waals surface area contributed by atoms with Gasteiger partial charge in [0.05, 0.1) is 6.54 Å². The van der Waals surface area contributed by atoms with E-state index in [9.17, 15) is 14.0 Å². The molecular weight excluding hydrogens is 389 g/mol. The van der Waals surface area contributed by atoms with Crippen LogP contribution in [-0.4, -0.2) is 36.8 Å². The van der Waals surface area contributed by atoms with Gasteiger partial charge in [0.2, 0.25) is 5.91 Å². The second kappa shape index (κ2) is 9.32. The van der Waals surface area contributed by atoms with Crippen LogP contribution in [0.4, 0.5) is 4.39 Å². The van der Waals surface area contributed by atoms with Gasteiger partial charge in [-0.25, -0.2) is 4.39 Å². The molecule has 2 aromatic rings. The highest BCUT2D eigenvalue weighted by Gasteiger charge is 2.13. The Morgan fingerprint density at radius 1 is 1.04 bits per heavy atom. The van der Waals surface area contributed by atoms with E-state index in [1.165, 1.54) is 29.2 Å². The van der Waals surface area contributed by atoms with Gasteiger partial charge in [0.15, 0.2) is 5.78 Å². The molecule has 0 aliphatic rings. The van der Waals surface area contributed by atoms with Gasteiger partial charge >= 0.3 is 0 Å². The van der Waals surface area contributed by atoms with Crippen molar-refractivity contribution in [3.05, 3.63) is 64.4 Å². The van der Waals surface area contributed by atoms with Crippen molar-refractivity contribution in [3.63, 3.8) is 0 Å². The average molecular weight is 408 g/mol. The van der Waals surface area contributed by atoms with Gasteiger partial charge in [0.1, 0.15) is 18.2 Å². The van der Waals surface area contributed by atoms with E-state index in [1.807, 2.05) is 24.3 Å². The van der Waals surface area contributed by atoms with E-state index in [1.54, 1.807) is 7.05 Å². The van der Waals surface area contributed by atoms with E-state index < -0.39 is 5.82 Å². The van der Waals surface area contributed by atoms with Gasteiger partial charge in [-0.3, -0.25) is 9.59 Å². The van der Waals surface area contributed by atoms with Gasteiger partial charge < -0.3 is 9.64 Å². The molecule has 0 aliphatic heterocycles. The summed E-state index contributed by atoms with van der Waals surface area (Å²) >= 11 is 3.35. The van der Waals surface area contributed by atoms with Crippen molar-refractivity contribution in [1.29, 1.82) is 0 Å². The van der Waals surface area contributed by atoms with E-state index in [0.29, 0.717) is 18.7 Å².